The highest BCUT2D eigenvalue weighted by atomic mass is 16.6. The van der Waals surface area contributed by atoms with Crippen molar-refractivity contribution in [3.63, 3.8) is 0 Å². The van der Waals surface area contributed by atoms with Crippen LogP contribution in [0.25, 0.3) is 10.9 Å². The van der Waals surface area contributed by atoms with Gasteiger partial charge in [-0.1, -0.05) is 48.5 Å². The maximum absolute atomic E-state index is 12.9. The monoisotopic (exact) mass is 515 g/mol. The fraction of sp³-hybridized carbons (Fsp3) is 0.323. The summed E-state index contributed by atoms with van der Waals surface area (Å²) in [6.45, 7) is 0.765. The average Bonchev–Trinajstić information content (AvgIpc) is 3.33. The number of aromatic amines is 1. The number of likely N-dealkylation sites (N-methyl/N-ethyl adjacent to an activating group) is 1. The molecule has 0 spiro atoms. The van der Waals surface area contributed by atoms with E-state index >= 15 is 0 Å². The SMILES string of the molecule is COc1ccc(CCc2ccccc2OC[C@@H](CN(C)C)OC(=O)[C@H](N)Cc2cc3ccccc3[nH]2)cc1. The highest BCUT2D eigenvalue weighted by molar-refractivity contribution is 5.81. The number of carbonyl (C=O) groups is 1. The molecule has 0 aliphatic rings. The third-order valence-electron chi connectivity index (χ3n) is 6.42. The Labute approximate surface area is 224 Å². The maximum Gasteiger partial charge on any atom is 0.323 e. The zero-order chi connectivity index (χ0) is 26.9. The van der Waals surface area contributed by atoms with Gasteiger partial charge in [0.15, 0.2) is 0 Å². The summed E-state index contributed by atoms with van der Waals surface area (Å²) in [6.07, 6.45) is 1.62. The second-order valence-corrected chi connectivity index (χ2v) is 9.78. The van der Waals surface area contributed by atoms with Crippen LogP contribution in [0.3, 0.4) is 0 Å². The van der Waals surface area contributed by atoms with Crippen LogP contribution in [0.5, 0.6) is 11.5 Å². The number of fused-ring (bicyclic) bond motifs is 1. The molecule has 1 aromatic heterocycles. The van der Waals surface area contributed by atoms with E-state index in [0.717, 1.165) is 46.5 Å². The highest BCUT2D eigenvalue weighted by Crippen LogP contribution is 2.22. The Morgan fingerprint density at radius 2 is 1.71 bits per heavy atom. The number of rotatable bonds is 13. The summed E-state index contributed by atoms with van der Waals surface area (Å²) in [7, 11) is 5.54. The van der Waals surface area contributed by atoms with Gasteiger partial charge in [-0.05, 0) is 73.8 Å². The minimum atomic E-state index is -0.774. The lowest BCUT2D eigenvalue weighted by atomic mass is 10.0. The third kappa shape index (κ3) is 7.60. The molecule has 1 heterocycles. The van der Waals surface area contributed by atoms with Crippen molar-refractivity contribution in [1.82, 2.24) is 9.88 Å². The van der Waals surface area contributed by atoms with Gasteiger partial charge in [0.05, 0.1) is 7.11 Å². The van der Waals surface area contributed by atoms with Gasteiger partial charge in [0.25, 0.3) is 0 Å². The maximum atomic E-state index is 12.9. The van der Waals surface area contributed by atoms with Crippen LogP contribution in [0.4, 0.5) is 0 Å². The molecule has 0 bridgehead atoms. The number of nitrogens with one attached hydrogen (secondary N) is 1. The first-order valence-corrected chi connectivity index (χ1v) is 12.9. The molecule has 7 heteroatoms. The Kier molecular flexibility index (Phi) is 9.40. The van der Waals surface area contributed by atoms with E-state index in [-0.39, 0.29) is 6.61 Å². The van der Waals surface area contributed by atoms with Crippen LogP contribution < -0.4 is 15.2 Å². The van der Waals surface area contributed by atoms with E-state index in [9.17, 15) is 4.79 Å². The number of para-hydroxylation sites is 2. The summed E-state index contributed by atoms with van der Waals surface area (Å²) in [5.41, 5.74) is 10.5. The molecule has 0 radical (unpaired) electrons. The van der Waals surface area contributed by atoms with Crippen molar-refractivity contribution >= 4 is 16.9 Å². The molecule has 0 saturated heterocycles. The van der Waals surface area contributed by atoms with Gasteiger partial charge in [0, 0.05) is 24.2 Å². The molecule has 0 fully saturated rings. The van der Waals surface area contributed by atoms with Crippen molar-refractivity contribution < 1.29 is 19.0 Å². The number of methoxy groups -OCH3 is 1. The first kappa shape index (κ1) is 27.2. The molecule has 0 unspecified atom stereocenters. The predicted octanol–water partition coefficient (Wildman–Crippen LogP) is 4.38. The summed E-state index contributed by atoms with van der Waals surface area (Å²) < 4.78 is 17.3. The Balaban J connectivity index is 1.34. The second kappa shape index (κ2) is 13.1. The van der Waals surface area contributed by atoms with Crippen LogP contribution in [0.1, 0.15) is 16.8 Å². The van der Waals surface area contributed by atoms with E-state index in [1.807, 2.05) is 79.7 Å². The van der Waals surface area contributed by atoms with Gasteiger partial charge in [-0.2, -0.15) is 0 Å². The number of aryl methyl sites for hydroxylation is 2. The molecule has 3 aromatic carbocycles. The normalized spacial score (nSPS) is 12.9. The fourth-order valence-corrected chi connectivity index (χ4v) is 4.45. The molecule has 4 aromatic rings. The summed E-state index contributed by atoms with van der Waals surface area (Å²) in [5.74, 6) is 1.20. The number of benzene rings is 3. The van der Waals surface area contributed by atoms with Crippen molar-refractivity contribution in [2.24, 2.45) is 5.73 Å². The molecule has 4 rings (SSSR count). The number of H-pyrrole nitrogens is 1. The first-order chi connectivity index (χ1) is 18.4. The Morgan fingerprint density at radius 1 is 0.974 bits per heavy atom. The topological polar surface area (TPSA) is 89.8 Å². The summed E-state index contributed by atoms with van der Waals surface area (Å²) in [6, 6.07) is 25.3. The quantitative estimate of drug-likeness (QED) is 0.257. The van der Waals surface area contributed by atoms with Crippen LogP contribution in [0, 0.1) is 0 Å². The van der Waals surface area contributed by atoms with Crippen molar-refractivity contribution in [3.8, 4) is 11.5 Å². The molecule has 7 nitrogen and oxygen atoms in total. The lowest BCUT2D eigenvalue weighted by Crippen LogP contribution is -2.41. The molecule has 0 saturated carbocycles. The standard InChI is InChI=1S/C31H37N3O4/c1-34(2)20-27(38-31(35)28(32)19-25-18-24-9-4-6-10-29(24)33-25)21-37-30-11-7-5-8-23(30)15-12-22-13-16-26(36-3)17-14-22/h4-11,13-14,16-18,27-28,33H,12,15,19-21,32H2,1-3H3/t27-,28-/m1/s1. The fourth-order valence-electron chi connectivity index (χ4n) is 4.45. The second-order valence-electron chi connectivity index (χ2n) is 9.78. The lowest BCUT2D eigenvalue weighted by molar-refractivity contribution is -0.152. The lowest BCUT2D eigenvalue weighted by Gasteiger charge is -2.24. The smallest absolute Gasteiger partial charge is 0.323 e. The number of aromatic nitrogens is 1. The van der Waals surface area contributed by atoms with Gasteiger partial charge >= 0.3 is 5.97 Å². The number of hydrogen-bond donors (Lipinski definition) is 2. The zero-order valence-electron chi connectivity index (χ0n) is 22.4. The number of hydrogen-bond acceptors (Lipinski definition) is 6. The zero-order valence-corrected chi connectivity index (χ0v) is 22.4. The third-order valence-corrected chi connectivity index (χ3v) is 6.42. The number of ether oxygens (including phenoxy) is 3. The van der Waals surface area contributed by atoms with Crippen LogP contribution in [0.2, 0.25) is 0 Å². The van der Waals surface area contributed by atoms with E-state index in [1.54, 1.807) is 7.11 Å². The van der Waals surface area contributed by atoms with E-state index < -0.39 is 18.1 Å². The van der Waals surface area contributed by atoms with Crippen LogP contribution in [-0.2, 0) is 28.8 Å². The van der Waals surface area contributed by atoms with Gasteiger partial charge in [-0.3, -0.25) is 4.79 Å². The molecule has 2 atom stereocenters. The van der Waals surface area contributed by atoms with E-state index in [0.29, 0.717) is 13.0 Å². The van der Waals surface area contributed by atoms with Crippen molar-refractivity contribution in [3.05, 3.63) is 95.7 Å². The molecule has 200 valence electrons. The Hall–Kier alpha value is -3.81. The highest BCUT2D eigenvalue weighted by Gasteiger charge is 2.23. The average molecular weight is 516 g/mol. The molecule has 3 N–H and O–H groups in total. The molecule has 0 aliphatic heterocycles. The minimum absolute atomic E-state index is 0.239. The Bertz CT molecular complexity index is 1280. The number of carbonyl (C=O) groups excluding carboxylic acids is 1. The van der Waals surface area contributed by atoms with E-state index in [4.69, 9.17) is 19.9 Å². The van der Waals surface area contributed by atoms with Crippen LogP contribution in [0.15, 0.2) is 78.9 Å². The summed E-state index contributed by atoms with van der Waals surface area (Å²) in [5, 5.41) is 1.09. The van der Waals surface area contributed by atoms with Crippen LogP contribution >= 0.6 is 0 Å². The molecular formula is C31H37N3O4. The van der Waals surface area contributed by atoms with Crippen molar-refractivity contribution in [2.45, 2.75) is 31.4 Å². The minimum Gasteiger partial charge on any atom is -0.497 e. The largest absolute Gasteiger partial charge is 0.497 e. The van der Waals surface area contributed by atoms with E-state index in [1.165, 1.54) is 5.56 Å². The molecule has 0 aliphatic carbocycles. The molecule has 0 amide bonds. The Morgan fingerprint density at radius 3 is 2.45 bits per heavy atom. The summed E-state index contributed by atoms with van der Waals surface area (Å²) >= 11 is 0. The van der Waals surface area contributed by atoms with E-state index in [2.05, 4.69) is 23.2 Å². The van der Waals surface area contributed by atoms with Crippen molar-refractivity contribution in [1.29, 1.82) is 0 Å². The van der Waals surface area contributed by atoms with Crippen LogP contribution in [-0.4, -0.2) is 62.4 Å². The van der Waals surface area contributed by atoms with Gasteiger partial charge in [0.1, 0.15) is 30.3 Å². The van der Waals surface area contributed by atoms with Gasteiger partial charge < -0.3 is 29.8 Å². The molecular weight excluding hydrogens is 478 g/mol. The molecule has 38 heavy (non-hydrogen) atoms. The number of esters is 1. The van der Waals surface area contributed by atoms with Crippen molar-refractivity contribution in [2.75, 3.05) is 34.4 Å². The van der Waals surface area contributed by atoms with Gasteiger partial charge in [-0.25, -0.2) is 0 Å². The predicted molar refractivity (Wildman–Crippen MR) is 151 cm³/mol. The first-order valence-electron chi connectivity index (χ1n) is 12.9. The number of nitrogens with zero attached hydrogens (tertiary/aromatic N) is 1. The van der Waals surface area contributed by atoms with Gasteiger partial charge in [-0.15, -0.1) is 0 Å². The summed E-state index contributed by atoms with van der Waals surface area (Å²) in [4.78, 5) is 18.2. The van der Waals surface area contributed by atoms with Gasteiger partial charge in [0.2, 0.25) is 0 Å². The number of nitrogens with two attached hydrogens (primary N) is 1.